The maximum absolute atomic E-state index is 10.3. The molecule has 1 aromatic rings. The lowest BCUT2D eigenvalue weighted by atomic mass is 9.71. The second-order valence-corrected chi connectivity index (χ2v) is 7.85. The van der Waals surface area contributed by atoms with Crippen molar-refractivity contribution in [1.82, 2.24) is 0 Å². The first-order valence-corrected chi connectivity index (χ1v) is 9.80. The van der Waals surface area contributed by atoms with E-state index in [0.29, 0.717) is 32.3 Å². The number of allylic oxidation sites excluding steroid dienone is 1. The molecule has 0 saturated carbocycles. The molecule has 1 aliphatic carbocycles. The highest BCUT2D eigenvalue weighted by molar-refractivity contribution is 5.27. The van der Waals surface area contributed by atoms with Crippen molar-refractivity contribution in [3.05, 3.63) is 41.5 Å². The zero-order valence-electron chi connectivity index (χ0n) is 16.7. The van der Waals surface area contributed by atoms with Crippen molar-refractivity contribution in [2.75, 3.05) is 33.5 Å². The van der Waals surface area contributed by atoms with Gasteiger partial charge in [-0.05, 0) is 49.0 Å². The molecule has 5 nitrogen and oxygen atoms in total. The molecule has 1 N–H and O–H groups in total. The molecule has 0 bridgehead atoms. The van der Waals surface area contributed by atoms with E-state index >= 15 is 0 Å². The van der Waals surface area contributed by atoms with E-state index in [0.717, 1.165) is 30.6 Å². The molecule has 27 heavy (non-hydrogen) atoms. The molecular weight excluding hydrogens is 344 g/mol. The lowest BCUT2D eigenvalue weighted by Crippen LogP contribution is -2.37. The number of methoxy groups -OCH3 is 1. The highest BCUT2D eigenvalue weighted by Crippen LogP contribution is 2.48. The van der Waals surface area contributed by atoms with Crippen LogP contribution in [0.25, 0.3) is 0 Å². The molecule has 2 atom stereocenters. The lowest BCUT2D eigenvalue weighted by Gasteiger charge is -2.37. The predicted octanol–water partition coefficient (Wildman–Crippen LogP) is 3.70. The van der Waals surface area contributed by atoms with Crippen molar-refractivity contribution >= 4 is 0 Å². The van der Waals surface area contributed by atoms with Crippen molar-refractivity contribution in [2.45, 2.75) is 45.5 Å². The van der Waals surface area contributed by atoms with Crippen LogP contribution in [-0.4, -0.2) is 44.4 Å². The van der Waals surface area contributed by atoms with Gasteiger partial charge in [-0.15, -0.1) is 0 Å². The van der Waals surface area contributed by atoms with Gasteiger partial charge in [-0.25, -0.2) is 0 Å². The quantitative estimate of drug-likeness (QED) is 0.666. The number of ether oxygens (including phenoxy) is 4. The first-order valence-electron chi connectivity index (χ1n) is 9.80. The molecule has 1 saturated heterocycles. The van der Waals surface area contributed by atoms with Gasteiger partial charge in [0.05, 0.1) is 40.1 Å². The fourth-order valence-corrected chi connectivity index (χ4v) is 4.16. The standard InChI is InChI=1S/C22H32O5/c1-17-4-7-19(15-25-14-18-5-8-20(24-3)9-6-18)22(17,16-23)11-10-21(2)26-12-13-27-21/h5-9,17,23H,4,10-16H2,1-3H3/t17-,22-/m1/s1. The molecule has 0 aromatic heterocycles. The maximum Gasteiger partial charge on any atom is 0.165 e. The molecule has 1 heterocycles. The highest BCUT2D eigenvalue weighted by Gasteiger charge is 2.44. The van der Waals surface area contributed by atoms with Crippen LogP contribution in [0.2, 0.25) is 0 Å². The van der Waals surface area contributed by atoms with Gasteiger partial charge in [0, 0.05) is 11.8 Å². The van der Waals surface area contributed by atoms with Crippen LogP contribution in [0.15, 0.2) is 35.9 Å². The van der Waals surface area contributed by atoms with Gasteiger partial charge in [-0.1, -0.05) is 25.1 Å². The van der Waals surface area contributed by atoms with Gasteiger partial charge in [-0.3, -0.25) is 0 Å². The van der Waals surface area contributed by atoms with E-state index in [-0.39, 0.29) is 12.0 Å². The molecular formula is C22H32O5. The average molecular weight is 376 g/mol. The topological polar surface area (TPSA) is 57.2 Å². The van der Waals surface area contributed by atoms with Crippen LogP contribution in [0.4, 0.5) is 0 Å². The first kappa shape index (κ1) is 20.3. The molecule has 0 unspecified atom stereocenters. The van der Waals surface area contributed by atoms with Crippen molar-refractivity contribution in [1.29, 1.82) is 0 Å². The monoisotopic (exact) mass is 376 g/mol. The fourth-order valence-electron chi connectivity index (χ4n) is 4.16. The Morgan fingerprint density at radius 3 is 2.44 bits per heavy atom. The summed E-state index contributed by atoms with van der Waals surface area (Å²) in [4.78, 5) is 0. The Balaban J connectivity index is 1.58. The fraction of sp³-hybridized carbons (Fsp3) is 0.636. The minimum Gasteiger partial charge on any atom is -0.497 e. The van der Waals surface area contributed by atoms with Crippen LogP contribution >= 0.6 is 0 Å². The van der Waals surface area contributed by atoms with E-state index in [2.05, 4.69) is 13.0 Å². The lowest BCUT2D eigenvalue weighted by molar-refractivity contribution is -0.153. The molecule has 3 rings (SSSR count). The van der Waals surface area contributed by atoms with Crippen molar-refractivity contribution in [3.8, 4) is 5.75 Å². The Labute approximate surface area is 162 Å². The van der Waals surface area contributed by atoms with Gasteiger partial charge in [0.15, 0.2) is 5.79 Å². The Morgan fingerprint density at radius 2 is 1.81 bits per heavy atom. The average Bonchev–Trinajstić information content (AvgIpc) is 3.25. The molecule has 2 aliphatic rings. The molecule has 0 radical (unpaired) electrons. The van der Waals surface area contributed by atoms with E-state index in [1.54, 1.807) is 7.11 Å². The van der Waals surface area contributed by atoms with Crippen LogP contribution in [0.1, 0.15) is 38.7 Å². The third-order valence-corrected chi connectivity index (χ3v) is 6.19. The van der Waals surface area contributed by atoms with E-state index in [1.807, 2.05) is 31.2 Å². The first-order chi connectivity index (χ1) is 13.0. The minimum atomic E-state index is -0.528. The molecule has 5 heteroatoms. The molecule has 0 spiro atoms. The number of hydrogen-bond acceptors (Lipinski definition) is 5. The van der Waals surface area contributed by atoms with Crippen LogP contribution in [0, 0.1) is 11.3 Å². The number of aliphatic hydroxyl groups excluding tert-OH is 1. The molecule has 1 aromatic carbocycles. The largest absolute Gasteiger partial charge is 0.497 e. The van der Waals surface area contributed by atoms with Crippen LogP contribution in [0.5, 0.6) is 5.75 Å². The summed E-state index contributed by atoms with van der Waals surface area (Å²) in [7, 11) is 1.66. The summed E-state index contributed by atoms with van der Waals surface area (Å²) in [5.74, 6) is 0.696. The Kier molecular flexibility index (Phi) is 6.58. The van der Waals surface area contributed by atoms with Crippen molar-refractivity contribution in [2.24, 2.45) is 11.3 Å². The molecule has 1 fully saturated rings. The number of hydrogen-bond donors (Lipinski definition) is 1. The molecule has 0 amide bonds. The summed E-state index contributed by atoms with van der Waals surface area (Å²) < 4.78 is 22.7. The van der Waals surface area contributed by atoms with Gasteiger partial charge in [-0.2, -0.15) is 0 Å². The van der Waals surface area contributed by atoms with Gasteiger partial charge in [0.25, 0.3) is 0 Å². The van der Waals surface area contributed by atoms with Crippen molar-refractivity contribution < 1.29 is 24.1 Å². The van der Waals surface area contributed by atoms with Crippen LogP contribution in [-0.2, 0) is 20.8 Å². The minimum absolute atomic E-state index is 0.127. The Morgan fingerprint density at radius 1 is 1.11 bits per heavy atom. The molecule has 1 aliphatic heterocycles. The third kappa shape index (κ3) is 4.54. The summed E-state index contributed by atoms with van der Waals surface area (Å²) in [6.45, 7) is 6.70. The third-order valence-electron chi connectivity index (χ3n) is 6.19. The highest BCUT2D eigenvalue weighted by atomic mass is 16.7. The number of rotatable bonds is 9. The van der Waals surface area contributed by atoms with Gasteiger partial charge in [0.2, 0.25) is 0 Å². The SMILES string of the molecule is COc1ccc(COCC2=CC[C@@H](C)[C@]2(CO)CCC2(C)OCCO2)cc1. The zero-order valence-corrected chi connectivity index (χ0v) is 16.7. The van der Waals surface area contributed by atoms with E-state index in [4.69, 9.17) is 18.9 Å². The summed E-state index contributed by atoms with van der Waals surface area (Å²) in [6, 6.07) is 7.91. The Bertz CT molecular complexity index is 633. The molecule has 150 valence electrons. The van der Waals surface area contributed by atoms with Gasteiger partial charge < -0.3 is 24.1 Å². The smallest absolute Gasteiger partial charge is 0.165 e. The van der Waals surface area contributed by atoms with Gasteiger partial charge in [0.1, 0.15) is 5.75 Å². The number of aliphatic hydroxyl groups is 1. The van der Waals surface area contributed by atoms with Crippen LogP contribution in [0.3, 0.4) is 0 Å². The predicted molar refractivity (Wildman–Crippen MR) is 104 cm³/mol. The van der Waals surface area contributed by atoms with E-state index < -0.39 is 5.79 Å². The number of benzene rings is 1. The van der Waals surface area contributed by atoms with E-state index in [1.165, 1.54) is 5.57 Å². The van der Waals surface area contributed by atoms with Gasteiger partial charge >= 0.3 is 0 Å². The van der Waals surface area contributed by atoms with E-state index in [9.17, 15) is 5.11 Å². The van der Waals surface area contributed by atoms with Crippen molar-refractivity contribution in [3.63, 3.8) is 0 Å². The summed E-state index contributed by atoms with van der Waals surface area (Å²) >= 11 is 0. The summed E-state index contributed by atoms with van der Waals surface area (Å²) in [5.41, 5.74) is 2.06. The zero-order chi connectivity index (χ0) is 19.3. The summed E-state index contributed by atoms with van der Waals surface area (Å²) in [6.07, 6.45) is 4.82. The second-order valence-electron chi connectivity index (χ2n) is 7.85. The Hall–Kier alpha value is -1.40. The van der Waals surface area contributed by atoms with Crippen LogP contribution < -0.4 is 4.74 Å². The second kappa shape index (κ2) is 8.74. The maximum atomic E-state index is 10.3. The normalized spacial score (nSPS) is 27.0. The summed E-state index contributed by atoms with van der Waals surface area (Å²) in [5, 5.41) is 10.3.